The van der Waals surface area contributed by atoms with E-state index in [1.807, 2.05) is 24.3 Å². The summed E-state index contributed by atoms with van der Waals surface area (Å²) >= 11 is 0. The lowest BCUT2D eigenvalue weighted by atomic mass is 9.91. The number of nitrogens with zero attached hydrogens (tertiary/aromatic N) is 4. The van der Waals surface area contributed by atoms with Crippen molar-refractivity contribution in [3.05, 3.63) is 98.5 Å². The van der Waals surface area contributed by atoms with Gasteiger partial charge in [0.15, 0.2) is 0 Å². The van der Waals surface area contributed by atoms with Gasteiger partial charge in [-0.05, 0) is 68.4 Å². The summed E-state index contributed by atoms with van der Waals surface area (Å²) in [7, 11) is 3.22. The number of rotatable bonds is 10. The lowest BCUT2D eigenvalue weighted by molar-refractivity contribution is -0.132. The molecule has 1 amide bonds. The van der Waals surface area contributed by atoms with Crippen molar-refractivity contribution in [3.8, 4) is 5.69 Å². The van der Waals surface area contributed by atoms with Gasteiger partial charge in [0, 0.05) is 81.6 Å². The Hall–Kier alpha value is -3.91. The monoisotopic (exact) mass is 556 g/mol. The van der Waals surface area contributed by atoms with Gasteiger partial charge in [0.25, 0.3) is 5.56 Å². The van der Waals surface area contributed by atoms with E-state index in [1.165, 1.54) is 46.0 Å². The van der Waals surface area contributed by atoms with Gasteiger partial charge in [-0.15, -0.1) is 0 Å². The third kappa shape index (κ3) is 6.07. The molecule has 0 radical (unpaired) electrons. The zero-order valence-electron chi connectivity index (χ0n) is 24.3. The molecule has 1 atom stereocenters. The lowest BCUT2D eigenvalue weighted by Gasteiger charge is -2.34. The van der Waals surface area contributed by atoms with Crippen molar-refractivity contribution in [2.75, 3.05) is 26.8 Å². The van der Waals surface area contributed by atoms with Gasteiger partial charge in [0.05, 0.1) is 5.69 Å². The highest BCUT2D eigenvalue weighted by Gasteiger charge is 2.29. The molecule has 1 aliphatic heterocycles. The molecular formula is C33H40N4O4. The van der Waals surface area contributed by atoms with E-state index in [0.29, 0.717) is 18.0 Å². The van der Waals surface area contributed by atoms with E-state index in [4.69, 9.17) is 4.74 Å². The van der Waals surface area contributed by atoms with Crippen molar-refractivity contribution in [1.29, 1.82) is 0 Å². The fraction of sp³-hybridized carbons (Fsp3) is 0.424. The molecule has 3 heterocycles. The molecule has 2 aromatic carbocycles. The second-order valence-corrected chi connectivity index (χ2v) is 11.1. The SMILES string of the molecule is COCCCn1c(C2CCCN(C(=O)CCCc3ccc(-n4ccc(=O)n(C)c4=O)cc3)C2)c(C)c2ccccc21. The third-order valence-corrected chi connectivity index (χ3v) is 8.43. The largest absolute Gasteiger partial charge is 0.385 e. The highest BCUT2D eigenvalue weighted by atomic mass is 16.5. The van der Waals surface area contributed by atoms with Crippen LogP contribution < -0.4 is 11.2 Å². The predicted molar refractivity (Wildman–Crippen MR) is 162 cm³/mol. The zero-order chi connectivity index (χ0) is 28.9. The lowest BCUT2D eigenvalue weighted by Crippen LogP contribution is -2.39. The Morgan fingerprint density at radius 3 is 2.59 bits per heavy atom. The quantitative estimate of drug-likeness (QED) is 0.268. The molecule has 0 aliphatic carbocycles. The molecular weight excluding hydrogens is 516 g/mol. The number of methoxy groups -OCH3 is 1. The average Bonchev–Trinajstić information content (AvgIpc) is 3.28. The van der Waals surface area contributed by atoms with Crippen LogP contribution in [0.5, 0.6) is 0 Å². The van der Waals surface area contributed by atoms with E-state index in [1.54, 1.807) is 7.11 Å². The summed E-state index contributed by atoms with van der Waals surface area (Å²) in [6, 6.07) is 17.7. The standard InChI is InChI=1S/C33H40N4O4/c1-24-28-11-4-5-12-29(28)37(20-8-22-41-3)32(24)26-10-7-19-35(23-26)31(39)13-6-9-25-14-16-27(17-15-25)36-21-18-30(38)34(2)33(36)40/h4-5,11-12,14-18,21,26H,6-10,13,19-20,22-23H2,1-3H3. The van der Waals surface area contributed by atoms with Crippen molar-refractivity contribution in [1.82, 2.24) is 18.6 Å². The summed E-state index contributed by atoms with van der Waals surface area (Å²) < 4.78 is 10.3. The highest BCUT2D eigenvalue weighted by Crippen LogP contribution is 2.36. The van der Waals surface area contributed by atoms with Gasteiger partial charge in [-0.1, -0.05) is 30.3 Å². The Morgan fingerprint density at radius 1 is 1.02 bits per heavy atom. The molecule has 1 unspecified atom stereocenters. The van der Waals surface area contributed by atoms with Gasteiger partial charge in [0.1, 0.15) is 0 Å². The van der Waals surface area contributed by atoms with E-state index < -0.39 is 0 Å². The molecule has 1 aliphatic rings. The van der Waals surface area contributed by atoms with Gasteiger partial charge in [-0.2, -0.15) is 0 Å². The Kier molecular flexibility index (Phi) is 8.88. The Balaban J connectivity index is 1.21. The first-order valence-electron chi connectivity index (χ1n) is 14.6. The van der Waals surface area contributed by atoms with Crippen LogP contribution in [0.3, 0.4) is 0 Å². The van der Waals surface area contributed by atoms with E-state index >= 15 is 0 Å². The molecule has 0 N–H and O–H groups in total. The Bertz CT molecular complexity index is 1630. The number of likely N-dealkylation sites (tertiary alicyclic amines) is 1. The van der Waals surface area contributed by atoms with Crippen LogP contribution in [-0.2, 0) is 29.5 Å². The second kappa shape index (κ2) is 12.7. The number of amides is 1. The molecule has 0 spiro atoms. The number of benzene rings is 2. The fourth-order valence-corrected chi connectivity index (χ4v) is 6.25. The van der Waals surface area contributed by atoms with Crippen LogP contribution in [-0.4, -0.2) is 51.3 Å². The first-order valence-corrected chi connectivity index (χ1v) is 14.6. The summed E-state index contributed by atoms with van der Waals surface area (Å²) in [5, 5.41) is 1.30. The minimum absolute atomic E-state index is 0.225. The number of carbonyl (C=O) groups excluding carboxylic acids is 1. The normalized spacial score (nSPS) is 15.5. The van der Waals surface area contributed by atoms with Crippen molar-refractivity contribution < 1.29 is 9.53 Å². The van der Waals surface area contributed by atoms with Crippen LogP contribution in [0.2, 0.25) is 0 Å². The predicted octanol–water partition coefficient (Wildman–Crippen LogP) is 4.56. The van der Waals surface area contributed by atoms with Gasteiger partial charge in [-0.3, -0.25) is 18.7 Å². The molecule has 5 rings (SSSR count). The Labute approximate surface area is 240 Å². The first kappa shape index (κ1) is 28.6. The zero-order valence-corrected chi connectivity index (χ0v) is 24.3. The van der Waals surface area contributed by atoms with Crippen LogP contribution in [0.25, 0.3) is 16.6 Å². The van der Waals surface area contributed by atoms with Crippen molar-refractivity contribution >= 4 is 16.8 Å². The number of hydrogen-bond donors (Lipinski definition) is 0. The number of piperidine rings is 1. The number of para-hydroxylation sites is 1. The molecule has 216 valence electrons. The number of fused-ring (bicyclic) bond motifs is 1. The van der Waals surface area contributed by atoms with E-state index in [-0.39, 0.29) is 17.2 Å². The molecule has 8 heteroatoms. The average molecular weight is 557 g/mol. The summed E-state index contributed by atoms with van der Waals surface area (Å²) in [4.78, 5) is 39.4. The molecule has 0 bridgehead atoms. The number of aryl methyl sites for hydroxylation is 3. The number of carbonyl (C=O) groups is 1. The maximum absolute atomic E-state index is 13.3. The summed E-state index contributed by atoms with van der Waals surface area (Å²) in [5.74, 6) is 0.554. The highest BCUT2D eigenvalue weighted by molar-refractivity contribution is 5.85. The van der Waals surface area contributed by atoms with E-state index in [2.05, 4.69) is 40.7 Å². The number of aromatic nitrogens is 3. The molecule has 0 saturated carbocycles. The maximum Gasteiger partial charge on any atom is 0.335 e. The Morgan fingerprint density at radius 2 is 1.80 bits per heavy atom. The van der Waals surface area contributed by atoms with Gasteiger partial charge < -0.3 is 14.2 Å². The minimum atomic E-state index is -0.374. The molecule has 1 saturated heterocycles. The van der Waals surface area contributed by atoms with Crippen molar-refractivity contribution in [2.24, 2.45) is 7.05 Å². The number of ether oxygens (including phenoxy) is 1. The fourth-order valence-electron chi connectivity index (χ4n) is 6.25. The molecule has 4 aromatic rings. The van der Waals surface area contributed by atoms with Crippen molar-refractivity contribution in [2.45, 2.75) is 57.9 Å². The molecule has 1 fully saturated rings. The summed E-state index contributed by atoms with van der Waals surface area (Å²) in [6.07, 6.45) is 6.65. The van der Waals surface area contributed by atoms with Crippen LogP contribution in [0.1, 0.15) is 54.8 Å². The molecule has 8 nitrogen and oxygen atoms in total. The van der Waals surface area contributed by atoms with Crippen LogP contribution in [0.15, 0.2) is 70.4 Å². The van der Waals surface area contributed by atoms with Gasteiger partial charge >= 0.3 is 5.69 Å². The summed E-state index contributed by atoms with van der Waals surface area (Å²) in [6.45, 7) is 5.46. The van der Waals surface area contributed by atoms with Crippen molar-refractivity contribution in [3.63, 3.8) is 0 Å². The van der Waals surface area contributed by atoms with Gasteiger partial charge in [-0.25, -0.2) is 4.79 Å². The maximum atomic E-state index is 13.3. The molecule has 2 aromatic heterocycles. The first-order chi connectivity index (χ1) is 19.9. The number of hydrogen-bond acceptors (Lipinski definition) is 4. The van der Waals surface area contributed by atoms with Crippen LogP contribution in [0.4, 0.5) is 0 Å². The second-order valence-electron chi connectivity index (χ2n) is 11.1. The van der Waals surface area contributed by atoms with E-state index in [9.17, 15) is 14.4 Å². The van der Waals surface area contributed by atoms with Gasteiger partial charge in [0.2, 0.25) is 5.91 Å². The summed E-state index contributed by atoms with van der Waals surface area (Å²) in [5.41, 5.74) is 5.10. The van der Waals surface area contributed by atoms with Crippen LogP contribution >= 0.6 is 0 Å². The third-order valence-electron chi connectivity index (χ3n) is 8.43. The smallest absolute Gasteiger partial charge is 0.335 e. The van der Waals surface area contributed by atoms with Crippen LogP contribution in [0, 0.1) is 6.92 Å². The van der Waals surface area contributed by atoms with E-state index in [0.717, 1.165) is 68.5 Å². The topological polar surface area (TPSA) is 78.5 Å². The molecule has 41 heavy (non-hydrogen) atoms. The minimum Gasteiger partial charge on any atom is -0.385 e.